The summed E-state index contributed by atoms with van der Waals surface area (Å²) in [6.07, 6.45) is 1.01. The van der Waals surface area contributed by atoms with Crippen LogP contribution in [0.2, 0.25) is 0 Å². The highest BCUT2D eigenvalue weighted by atomic mass is 16.5. The number of rotatable bonds is 6. The maximum Gasteiger partial charge on any atom is 0.187 e. The standard InChI is InChI=1S/C14H21N5O/c1-4-20-12-7-5-6-11(15)13(12)14-16-17-18-19(14)9-8-10(2)3/h5-7,10H,4,8-9,15H2,1-3H3. The monoisotopic (exact) mass is 275 g/mol. The largest absolute Gasteiger partial charge is 0.493 e. The number of nitrogens with zero attached hydrogens (tertiary/aromatic N) is 4. The Hall–Kier alpha value is -2.11. The molecule has 1 heterocycles. The number of nitrogens with two attached hydrogens (primary N) is 1. The zero-order valence-electron chi connectivity index (χ0n) is 12.2. The third kappa shape index (κ3) is 3.07. The Morgan fingerprint density at radius 2 is 2.15 bits per heavy atom. The van der Waals surface area contributed by atoms with Crippen LogP contribution < -0.4 is 10.5 Å². The molecular formula is C14H21N5O. The van der Waals surface area contributed by atoms with Gasteiger partial charge in [0.1, 0.15) is 5.75 Å². The van der Waals surface area contributed by atoms with Crippen molar-refractivity contribution in [3.63, 3.8) is 0 Å². The molecule has 0 aliphatic rings. The van der Waals surface area contributed by atoms with Crippen LogP contribution in [-0.2, 0) is 6.54 Å². The van der Waals surface area contributed by atoms with Gasteiger partial charge in [0.25, 0.3) is 0 Å². The summed E-state index contributed by atoms with van der Waals surface area (Å²) >= 11 is 0. The SMILES string of the molecule is CCOc1cccc(N)c1-c1nnnn1CCC(C)C. The minimum absolute atomic E-state index is 0.573. The van der Waals surface area contributed by atoms with Crippen LogP contribution in [0.1, 0.15) is 27.2 Å². The smallest absolute Gasteiger partial charge is 0.187 e. The van der Waals surface area contributed by atoms with Crippen molar-refractivity contribution in [1.82, 2.24) is 20.2 Å². The fraction of sp³-hybridized carbons (Fsp3) is 0.500. The molecule has 6 nitrogen and oxygen atoms in total. The van der Waals surface area contributed by atoms with Gasteiger partial charge in [-0.05, 0) is 41.8 Å². The van der Waals surface area contributed by atoms with E-state index >= 15 is 0 Å². The fourth-order valence-corrected chi connectivity index (χ4v) is 1.98. The molecule has 0 unspecified atom stereocenters. The lowest BCUT2D eigenvalue weighted by atomic mass is 10.1. The van der Waals surface area contributed by atoms with E-state index in [0.29, 0.717) is 29.8 Å². The molecule has 0 spiro atoms. The Balaban J connectivity index is 2.39. The first-order valence-corrected chi connectivity index (χ1v) is 6.91. The number of tetrazole rings is 1. The van der Waals surface area contributed by atoms with Crippen molar-refractivity contribution in [3.8, 4) is 17.1 Å². The van der Waals surface area contributed by atoms with Gasteiger partial charge in [0, 0.05) is 12.2 Å². The topological polar surface area (TPSA) is 78.8 Å². The summed E-state index contributed by atoms with van der Waals surface area (Å²) in [6, 6.07) is 5.59. The zero-order valence-corrected chi connectivity index (χ0v) is 12.2. The number of nitrogen functional groups attached to an aromatic ring is 1. The number of aromatic nitrogens is 4. The van der Waals surface area contributed by atoms with E-state index in [1.54, 1.807) is 4.68 Å². The van der Waals surface area contributed by atoms with Gasteiger partial charge < -0.3 is 10.5 Å². The number of hydrogen-bond donors (Lipinski definition) is 1. The first kappa shape index (κ1) is 14.3. The molecule has 0 amide bonds. The van der Waals surface area contributed by atoms with Crippen LogP contribution in [-0.4, -0.2) is 26.8 Å². The van der Waals surface area contributed by atoms with E-state index in [1.807, 2.05) is 25.1 Å². The minimum atomic E-state index is 0.573. The van der Waals surface area contributed by atoms with Gasteiger partial charge in [-0.3, -0.25) is 0 Å². The molecule has 0 aliphatic carbocycles. The summed E-state index contributed by atoms with van der Waals surface area (Å²) in [5.41, 5.74) is 7.47. The molecule has 20 heavy (non-hydrogen) atoms. The minimum Gasteiger partial charge on any atom is -0.493 e. The van der Waals surface area contributed by atoms with Gasteiger partial charge in [0.2, 0.25) is 0 Å². The predicted molar refractivity (Wildman–Crippen MR) is 78.3 cm³/mol. The summed E-state index contributed by atoms with van der Waals surface area (Å²) in [7, 11) is 0. The Kier molecular flexibility index (Phi) is 4.55. The van der Waals surface area contributed by atoms with E-state index in [0.717, 1.165) is 18.5 Å². The second-order valence-corrected chi connectivity index (χ2v) is 5.06. The molecule has 0 saturated heterocycles. The highest BCUT2D eigenvalue weighted by Gasteiger charge is 2.17. The average molecular weight is 275 g/mol. The number of benzene rings is 1. The second kappa shape index (κ2) is 6.36. The molecule has 1 aromatic carbocycles. The highest BCUT2D eigenvalue weighted by Crippen LogP contribution is 2.33. The lowest BCUT2D eigenvalue weighted by molar-refractivity contribution is 0.341. The normalized spacial score (nSPS) is 11.0. The van der Waals surface area contributed by atoms with Gasteiger partial charge in [0.15, 0.2) is 5.82 Å². The Morgan fingerprint density at radius 1 is 1.35 bits per heavy atom. The average Bonchev–Trinajstić information content (AvgIpc) is 2.85. The van der Waals surface area contributed by atoms with Gasteiger partial charge in [-0.2, -0.15) is 0 Å². The summed E-state index contributed by atoms with van der Waals surface area (Å²) in [5.74, 6) is 1.96. The molecule has 2 N–H and O–H groups in total. The van der Waals surface area contributed by atoms with E-state index in [4.69, 9.17) is 10.5 Å². The molecule has 2 rings (SSSR count). The van der Waals surface area contributed by atoms with Crippen molar-refractivity contribution in [2.75, 3.05) is 12.3 Å². The molecule has 1 aromatic heterocycles. The molecule has 0 saturated carbocycles. The van der Waals surface area contributed by atoms with Crippen LogP contribution in [0.25, 0.3) is 11.4 Å². The van der Waals surface area contributed by atoms with Crippen LogP contribution in [0.15, 0.2) is 18.2 Å². The lowest BCUT2D eigenvalue weighted by Crippen LogP contribution is -2.07. The number of hydrogen-bond acceptors (Lipinski definition) is 5. The van der Waals surface area contributed by atoms with Crippen LogP contribution in [0.4, 0.5) is 5.69 Å². The molecule has 2 aromatic rings. The second-order valence-electron chi connectivity index (χ2n) is 5.06. The first-order chi connectivity index (χ1) is 9.63. The van der Waals surface area contributed by atoms with Crippen molar-refractivity contribution in [2.45, 2.75) is 33.7 Å². The maximum atomic E-state index is 6.08. The van der Waals surface area contributed by atoms with Crippen LogP contribution in [0.3, 0.4) is 0 Å². The Bertz CT molecular complexity index is 564. The van der Waals surface area contributed by atoms with Gasteiger partial charge in [-0.1, -0.05) is 19.9 Å². The van der Waals surface area contributed by atoms with Gasteiger partial charge in [-0.25, -0.2) is 4.68 Å². The summed E-state index contributed by atoms with van der Waals surface area (Å²) < 4.78 is 7.42. The third-order valence-corrected chi connectivity index (χ3v) is 3.03. The van der Waals surface area contributed by atoms with Crippen molar-refractivity contribution in [3.05, 3.63) is 18.2 Å². The zero-order chi connectivity index (χ0) is 14.5. The van der Waals surface area contributed by atoms with Crippen molar-refractivity contribution in [2.24, 2.45) is 5.92 Å². The van der Waals surface area contributed by atoms with Gasteiger partial charge in [0.05, 0.1) is 12.2 Å². The number of ether oxygens (including phenoxy) is 1. The van der Waals surface area contributed by atoms with Gasteiger partial charge >= 0.3 is 0 Å². The maximum absolute atomic E-state index is 6.08. The van der Waals surface area contributed by atoms with Crippen molar-refractivity contribution >= 4 is 5.69 Å². The van der Waals surface area contributed by atoms with E-state index < -0.39 is 0 Å². The van der Waals surface area contributed by atoms with Crippen molar-refractivity contribution in [1.29, 1.82) is 0 Å². The predicted octanol–water partition coefficient (Wildman–Crippen LogP) is 2.37. The number of anilines is 1. The molecule has 0 fully saturated rings. The molecule has 6 heteroatoms. The highest BCUT2D eigenvalue weighted by molar-refractivity contribution is 5.77. The van der Waals surface area contributed by atoms with E-state index in [2.05, 4.69) is 29.4 Å². The van der Waals surface area contributed by atoms with Crippen LogP contribution in [0, 0.1) is 5.92 Å². The van der Waals surface area contributed by atoms with E-state index in [-0.39, 0.29) is 0 Å². The van der Waals surface area contributed by atoms with Crippen LogP contribution >= 0.6 is 0 Å². The summed E-state index contributed by atoms with van der Waals surface area (Å²) in [6.45, 7) is 7.62. The molecule has 0 radical (unpaired) electrons. The summed E-state index contributed by atoms with van der Waals surface area (Å²) in [5, 5.41) is 11.9. The Labute approximate surface area is 118 Å². The molecule has 0 aliphatic heterocycles. The molecule has 0 atom stereocenters. The summed E-state index contributed by atoms with van der Waals surface area (Å²) in [4.78, 5) is 0. The molecular weight excluding hydrogens is 254 g/mol. The third-order valence-electron chi connectivity index (χ3n) is 3.03. The lowest BCUT2D eigenvalue weighted by Gasteiger charge is -2.12. The first-order valence-electron chi connectivity index (χ1n) is 6.91. The molecule has 0 bridgehead atoms. The van der Waals surface area contributed by atoms with E-state index in [9.17, 15) is 0 Å². The van der Waals surface area contributed by atoms with Crippen LogP contribution in [0.5, 0.6) is 5.75 Å². The van der Waals surface area contributed by atoms with Crippen molar-refractivity contribution < 1.29 is 4.74 Å². The quantitative estimate of drug-likeness (QED) is 0.819. The van der Waals surface area contributed by atoms with E-state index in [1.165, 1.54) is 0 Å². The Morgan fingerprint density at radius 3 is 2.85 bits per heavy atom. The number of aryl methyl sites for hydroxylation is 1. The van der Waals surface area contributed by atoms with Gasteiger partial charge in [-0.15, -0.1) is 5.10 Å². The fourth-order valence-electron chi connectivity index (χ4n) is 1.98. The molecule has 108 valence electrons.